The quantitative estimate of drug-likeness (QED) is 0.529. The highest BCUT2D eigenvalue weighted by atomic mass is 32.1. The van der Waals surface area contributed by atoms with E-state index in [1.807, 2.05) is 30.3 Å². The first-order valence-corrected chi connectivity index (χ1v) is 8.24. The molecular weight excluding hydrogens is 324 g/mol. The van der Waals surface area contributed by atoms with Crippen molar-refractivity contribution >= 4 is 27.5 Å². The second-order valence-corrected chi connectivity index (χ2v) is 6.29. The fourth-order valence-electron chi connectivity index (χ4n) is 2.45. The number of hydrogen-bond donors (Lipinski definition) is 0. The van der Waals surface area contributed by atoms with Crippen LogP contribution in [0.25, 0.3) is 10.2 Å². The molecule has 24 heavy (non-hydrogen) atoms. The van der Waals surface area contributed by atoms with E-state index >= 15 is 0 Å². The fourth-order valence-corrected chi connectivity index (χ4v) is 3.48. The topological polar surface area (TPSA) is 61.2 Å². The van der Waals surface area contributed by atoms with E-state index in [1.165, 1.54) is 23.7 Å². The molecule has 0 aliphatic heterocycles. The zero-order chi connectivity index (χ0) is 17.1. The summed E-state index contributed by atoms with van der Waals surface area (Å²) in [5, 5.41) is 0.476. The van der Waals surface area contributed by atoms with Crippen LogP contribution in [0, 0.1) is 6.92 Å². The van der Waals surface area contributed by atoms with E-state index in [4.69, 9.17) is 4.74 Å². The van der Waals surface area contributed by atoms with Gasteiger partial charge in [0.25, 0.3) is 5.56 Å². The number of fused-ring (bicyclic) bond motifs is 1. The number of aryl methyl sites for hydroxylation is 1. The summed E-state index contributed by atoms with van der Waals surface area (Å²) >= 11 is 1.18. The van der Waals surface area contributed by atoms with Crippen LogP contribution in [-0.4, -0.2) is 22.1 Å². The number of esters is 1. The molecule has 1 aromatic carbocycles. The van der Waals surface area contributed by atoms with Crippen LogP contribution in [0.3, 0.4) is 0 Å². The second kappa shape index (κ2) is 6.80. The molecule has 6 heteroatoms. The van der Waals surface area contributed by atoms with Crippen LogP contribution in [0.15, 0.2) is 54.1 Å². The van der Waals surface area contributed by atoms with Gasteiger partial charge in [-0.05, 0) is 18.1 Å². The lowest BCUT2D eigenvalue weighted by molar-refractivity contribution is 0.0555. The highest BCUT2D eigenvalue weighted by molar-refractivity contribution is 7.20. The Morgan fingerprint density at radius 1 is 1.38 bits per heavy atom. The molecule has 0 unspecified atom stereocenters. The summed E-state index contributed by atoms with van der Waals surface area (Å²) in [7, 11) is 0. The number of thiophene rings is 1. The molecule has 0 aliphatic carbocycles. The maximum absolute atomic E-state index is 12.8. The summed E-state index contributed by atoms with van der Waals surface area (Å²) in [6, 6.07) is 9.69. The van der Waals surface area contributed by atoms with Gasteiger partial charge < -0.3 is 4.74 Å². The van der Waals surface area contributed by atoms with Gasteiger partial charge in [-0.2, -0.15) is 0 Å². The first kappa shape index (κ1) is 16.1. The van der Waals surface area contributed by atoms with Gasteiger partial charge in [-0.3, -0.25) is 9.36 Å². The summed E-state index contributed by atoms with van der Waals surface area (Å²) in [4.78, 5) is 30.1. The second-order valence-electron chi connectivity index (χ2n) is 5.29. The molecule has 0 N–H and O–H groups in total. The molecule has 0 amide bonds. The lowest BCUT2D eigenvalue weighted by atomic mass is 10.2. The number of ether oxygens (including phenoxy) is 1. The van der Waals surface area contributed by atoms with Crippen molar-refractivity contribution in [1.29, 1.82) is 0 Å². The maximum atomic E-state index is 12.8. The Hall–Kier alpha value is -2.73. The van der Waals surface area contributed by atoms with Crippen LogP contribution in [0.5, 0.6) is 0 Å². The SMILES string of the molecule is C=CCOC(=O)c1sc2ncn(Cc3ccccc3)c(=O)c2c1C. The van der Waals surface area contributed by atoms with Gasteiger partial charge >= 0.3 is 5.97 Å². The lowest BCUT2D eigenvalue weighted by Crippen LogP contribution is -2.21. The predicted octanol–water partition coefficient (Wildman–Crippen LogP) is 3.16. The number of carbonyl (C=O) groups excluding carboxylic acids is 1. The van der Waals surface area contributed by atoms with Crippen LogP contribution < -0.4 is 5.56 Å². The van der Waals surface area contributed by atoms with Crippen LogP contribution in [0.1, 0.15) is 20.8 Å². The summed E-state index contributed by atoms with van der Waals surface area (Å²) in [6.45, 7) is 5.84. The minimum absolute atomic E-state index is 0.137. The zero-order valence-electron chi connectivity index (χ0n) is 13.2. The molecule has 5 nitrogen and oxygen atoms in total. The van der Waals surface area contributed by atoms with E-state index in [9.17, 15) is 9.59 Å². The molecule has 2 aromatic heterocycles. The van der Waals surface area contributed by atoms with Gasteiger partial charge in [0.1, 0.15) is 16.3 Å². The Morgan fingerprint density at radius 3 is 2.83 bits per heavy atom. The van der Waals surface area contributed by atoms with E-state index in [0.29, 0.717) is 27.2 Å². The number of nitrogens with zero attached hydrogens (tertiary/aromatic N) is 2. The van der Waals surface area contributed by atoms with Crippen molar-refractivity contribution < 1.29 is 9.53 Å². The molecule has 122 valence electrons. The average Bonchev–Trinajstić information content (AvgIpc) is 2.94. The van der Waals surface area contributed by atoms with Crippen molar-refractivity contribution in [2.45, 2.75) is 13.5 Å². The third-order valence-electron chi connectivity index (χ3n) is 3.63. The van der Waals surface area contributed by atoms with E-state index < -0.39 is 5.97 Å². The largest absolute Gasteiger partial charge is 0.457 e. The summed E-state index contributed by atoms with van der Waals surface area (Å²) < 4.78 is 6.62. The monoisotopic (exact) mass is 340 g/mol. The van der Waals surface area contributed by atoms with Crippen molar-refractivity contribution in [2.24, 2.45) is 0 Å². The van der Waals surface area contributed by atoms with Gasteiger partial charge in [0, 0.05) is 0 Å². The molecule has 0 spiro atoms. The molecule has 2 heterocycles. The van der Waals surface area contributed by atoms with Crippen molar-refractivity contribution in [3.63, 3.8) is 0 Å². The molecule has 0 radical (unpaired) electrons. The van der Waals surface area contributed by atoms with E-state index in [-0.39, 0.29) is 12.2 Å². The van der Waals surface area contributed by atoms with E-state index in [1.54, 1.807) is 11.5 Å². The minimum Gasteiger partial charge on any atom is -0.457 e. The minimum atomic E-state index is -0.454. The van der Waals surface area contributed by atoms with Crippen molar-refractivity contribution in [3.8, 4) is 0 Å². The first-order chi connectivity index (χ1) is 11.6. The molecule has 0 bridgehead atoms. The van der Waals surface area contributed by atoms with Crippen molar-refractivity contribution in [3.05, 3.63) is 75.7 Å². The average molecular weight is 340 g/mol. The van der Waals surface area contributed by atoms with Gasteiger partial charge in [0.2, 0.25) is 0 Å². The predicted molar refractivity (Wildman–Crippen MR) is 94.6 cm³/mol. The normalized spacial score (nSPS) is 10.7. The molecule has 0 aliphatic rings. The van der Waals surface area contributed by atoms with Crippen LogP contribution in [0.2, 0.25) is 0 Å². The van der Waals surface area contributed by atoms with E-state index in [2.05, 4.69) is 11.6 Å². The van der Waals surface area contributed by atoms with Crippen LogP contribution in [0.4, 0.5) is 0 Å². The number of carbonyl (C=O) groups is 1. The Bertz CT molecular complexity index is 958. The molecule has 3 aromatic rings. The highest BCUT2D eigenvalue weighted by Crippen LogP contribution is 2.27. The molecule has 0 atom stereocenters. The molecule has 0 saturated heterocycles. The van der Waals surface area contributed by atoms with Crippen LogP contribution in [-0.2, 0) is 11.3 Å². The molecule has 0 saturated carbocycles. The molecule has 3 rings (SSSR count). The van der Waals surface area contributed by atoms with Gasteiger partial charge in [0.05, 0.1) is 18.3 Å². The van der Waals surface area contributed by atoms with Crippen LogP contribution >= 0.6 is 11.3 Å². The Morgan fingerprint density at radius 2 is 2.12 bits per heavy atom. The van der Waals surface area contributed by atoms with Gasteiger partial charge in [0.15, 0.2) is 0 Å². The Kier molecular flexibility index (Phi) is 4.57. The standard InChI is InChI=1S/C18H16N2O3S/c1-3-9-23-18(22)15-12(2)14-16(24-15)19-11-20(17(14)21)10-13-7-5-4-6-8-13/h3-8,11H,1,9-10H2,2H3. The van der Waals surface area contributed by atoms with Crippen molar-refractivity contribution in [1.82, 2.24) is 9.55 Å². The van der Waals surface area contributed by atoms with Gasteiger partial charge in [-0.15, -0.1) is 11.3 Å². The number of hydrogen-bond acceptors (Lipinski definition) is 5. The highest BCUT2D eigenvalue weighted by Gasteiger charge is 2.20. The van der Waals surface area contributed by atoms with Gasteiger partial charge in [-0.25, -0.2) is 9.78 Å². The molecular formula is C18H16N2O3S. The third-order valence-corrected chi connectivity index (χ3v) is 4.81. The smallest absolute Gasteiger partial charge is 0.348 e. The van der Waals surface area contributed by atoms with Crippen molar-refractivity contribution in [2.75, 3.05) is 6.61 Å². The Balaban J connectivity index is 2.02. The Labute approximate surface area is 142 Å². The number of rotatable bonds is 5. The summed E-state index contributed by atoms with van der Waals surface area (Å²) in [6.07, 6.45) is 3.03. The number of benzene rings is 1. The van der Waals surface area contributed by atoms with E-state index in [0.717, 1.165) is 5.56 Å². The number of aromatic nitrogens is 2. The summed E-state index contributed by atoms with van der Waals surface area (Å²) in [5.74, 6) is -0.454. The fraction of sp³-hybridized carbons (Fsp3) is 0.167. The lowest BCUT2D eigenvalue weighted by Gasteiger charge is -2.05. The van der Waals surface area contributed by atoms with Gasteiger partial charge in [-0.1, -0.05) is 43.0 Å². The first-order valence-electron chi connectivity index (χ1n) is 7.42. The third kappa shape index (κ3) is 3.00. The molecule has 0 fully saturated rings. The summed E-state index contributed by atoms with van der Waals surface area (Å²) in [5.41, 5.74) is 1.48. The maximum Gasteiger partial charge on any atom is 0.348 e. The zero-order valence-corrected chi connectivity index (χ0v) is 14.0.